The van der Waals surface area contributed by atoms with Crippen LogP contribution in [0.3, 0.4) is 0 Å². The monoisotopic (exact) mass is 327 g/mol. The van der Waals surface area contributed by atoms with E-state index < -0.39 is 4.92 Å². The number of nitro benzene ring substituents is 1. The van der Waals surface area contributed by atoms with Crippen molar-refractivity contribution in [2.45, 2.75) is 11.8 Å². The zero-order valence-electron chi connectivity index (χ0n) is 11.3. The molecule has 0 atom stereocenters. The SMILES string of the molecule is Cn1c(CCl)nc2c([N+](=O)[O-])c3nc(CCl)n(C)c3cc21. The van der Waals surface area contributed by atoms with Crippen LogP contribution in [0, 0.1) is 10.1 Å². The molecule has 0 saturated heterocycles. The van der Waals surface area contributed by atoms with Crippen LogP contribution >= 0.6 is 23.2 Å². The Kier molecular flexibility index (Phi) is 3.26. The predicted molar refractivity (Wildman–Crippen MR) is 80.8 cm³/mol. The van der Waals surface area contributed by atoms with Gasteiger partial charge in [-0.05, 0) is 6.07 Å². The minimum absolute atomic E-state index is 0.110. The number of non-ortho nitro benzene ring substituents is 1. The van der Waals surface area contributed by atoms with Crippen LogP contribution in [0.25, 0.3) is 22.1 Å². The standard InChI is InChI=1S/C12H11Cl2N5O2/c1-17-6-3-7-11(16-9(5-14)18(7)2)12(19(20)21)10(6)15-8(17)4-13/h3H,4-5H2,1-2H3. The van der Waals surface area contributed by atoms with Crippen molar-refractivity contribution in [2.24, 2.45) is 14.1 Å². The van der Waals surface area contributed by atoms with Gasteiger partial charge in [0, 0.05) is 14.1 Å². The van der Waals surface area contributed by atoms with Gasteiger partial charge in [0.15, 0.2) is 11.0 Å². The Morgan fingerprint density at radius 3 is 1.86 bits per heavy atom. The second-order valence-electron chi connectivity index (χ2n) is 4.66. The van der Waals surface area contributed by atoms with Crippen LogP contribution in [0.4, 0.5) is 5.69 Å². The van der Waals surface area contributed by atoms with Gasteiger partial charge in [-0.2, -0.15) is 0 Å². The highest BCUT2D eigenvalue weighted by Gasteiger charge is 2.26. The van der Waals surface area contributed by atoms with Crippen molar-refractivity contribution in [3.63, 3.8) is 0 Å². The van der Waals surface area contributed by atoms with Crippen LogP contribution in [-0.2, 0) is 25.9 Å². The summed E-state index contributed by atoms with van der Waals surface area (Å²) in [5.74, 6) is 1.50. The lowest BCUT2D eigenvalue weighted by Crippen LogP contribution is -1.96. The summed E-state index contributed by atoms with van der Waals surface area (Å²) in [4.78, 5) is 19.6. The summed E-state index contributed by atoms with van der Waals surface area (Å²) in [6.45, 7) is 0. The third kappa shape index (κ3) is 1.88. The Hall–Kier alpha value is -1.86. The summed E-state index contributed by atoms with van der Waals surface area (Å²) >= 11 is 11.7. The molecule has 0 unspecified atom stereocenters. The van der Waals surface area contributed by atoms with Crippen LogP contribution in [0.15, 0.2) is 6.07 Å². The molecule has 7 nitrogen and oxygen atoms in total. The molecule has 0 spiro atoms. The second-order valence-corrected chi connectivity index (χ2v) is 5.19. The summed E-state index contributed by atoms with van der Waals surface area (Å²) in [6.07, 6.45) is 0. The van der Waals surface area contributed by atoms with Crippen molar-refractivity contribution in [1.82, 2.24) is 19.1 Å². The molecule has 2 heterocycles. The molecule has 0 fully saturated rings. The van der Waals surface area contributed by atoms with Gasteiger partial charge in [0.2, 0.25) is 0 Å². The van der Waals surface area contributed by atoms with E-state index in [1.807, 2.05) is 6.07 Å². The van der Waals surface area contributed by atoms with E-state index in [0.29, 0.717) is 33.7 Å². The number of nitro groups is 1. The molecule has 3 aromatic rings. The van der Waals surface area contributed by atoms with Gasteiger partial charge in [-0.15, -0.1) is 23.2 Å². The second kappa shape index (κ2) is 4.85. The van der Waals surface area contributed by atoms with Crippen molar-refractivity contribution in [3.05, 3.63) is 27.8 Å². The van der Waals surface area contributed by atoms with Gasteiger partial charge in [0.25, 0.3) is 0 Å². The van der Waals surface area contributed by atoms with E-state index >= 15 is 0 Å². The van der Waals surface area contributed by atoms with Gasteiger partial charge in [0.05, 0.1) is 27.7 Å². The lowest BCUT2D eigenvalue weighted by atomic mass is 10.2. The number of halogens is 2. The summed E-state index contributed by atoms with van der Waals surface area (Å²) in [7, 11) is 3.56. The molecular formula is C12H11Cl2N5O2. The first-order chi connectivity index (χ1) is 9.99. The molecule has 0 aliphatic heterocycles. The number of nitrogens with zero attached hydrogens (tertiary/aromatic N) is 5. The molecule has 0 saturated carbocycles. The van der Waals surface area contributed by atoms with E-state index in [1.54, 1.807) is 23.2 Å². The van der Waals surface area contributed by atoms with Gasteiger partial charge in [-0.3, -0.25) is 10.1 Å². The summed E-state index contributed by atoms with van der Waals surface area (Å²) in [5.41, 5.74) is 1.78. The van der Waals surface area contributed by atoms with Gasteiger partial charge in [-0.1, -0.05) is 0 Å². The summed E-state index contributed by atoms with van der Waals surface area (Å²) in [5, 5.41) is 11.5. The summed E-state index contributed by atoms with van der Waals surface area (Å²) in [6, 6.07) is 1.82. The van der Waals surface area contributed by atoms with Gasteiger partial charge in [-0.25, -0.2) is 9.97 Å². The molecule has 0 aliphatic carbocycles. The average Bonchev–Trinajstić information content (AvgIpc) is 2.94. The molecule has 21 heavy (non-hydrogen) atoms. The molecule has 1 aromatic carbocycles. The molecule has 0 amide bonds. The number of aromatic nitrogens is 4. The lowest BCUT2D eigenvalue weighted by molar-refractivity contribution is -0.381. The zero-order valence-corrected chi connectivity index (χ0v) is 12.8. The molecule has 0 bridgehead atoms. The number of aryl methyl sites for hydroxylation is 2. The van der Waals surface area contributed by atoms with Crippen LogP contribution in [0.1, 0.15) is 11.6 Å². The molecule has 0 N–H and O–H groups in total. The molecule has 3 rings (SSSR count). The Balaban J connectivity index is 2.55. The normalized spacial score (nSPS) is 11.6. The molecule has 2 aromatic heterocycles. The fraction of sp³-hybridized carbons (Fsp3) is 0.333. The highest BCUT2D eigenvalue weighted by Crippen LogP contribution is 2.34. The van der Waals surface area contributed by atoms with Crippen molar-refractivity contribution < 1.29 is 4.92 Å². The van der Waals surface area contributed by atoms with Crippen LogP contribution in [-0.4, -0.2) is 24.0 Å². The number of hydrogen-bond donors (Lipinski definition) is 0. The maximum Gasteiger partial charge on any atom is 0.324 e. The minimum atomic E-state index is -0.458. The van der Waals surface area contributed by atoms with Crippen LogP contribution in [0.2, 0.25) is 0 Å². The smallest absolute Gasteiger partial charge is 0.324 e. The Morgan fingerprint density at radius 1 is 1.10 bits per heavy atom. The first-order valence-corrected chi connectivity index (χ1v) is 7.16. The van der Waals surface area contributed by atoms with E-state index in [4.69, 9.17) is 23.2 Å². The zero-order chi connectivity index (χ0) is 15.3. The molecule has 0 aliphatic rings. The minimum Gasteiger partial charge on any atom is -0.330 e. The molecule has 9 heteroatoms. The van der Waals surface area contributed by atoms with Crippen molar-refractivity contribution >= 4 is 51.0 Å². The van der Waals surface area contributed by atoms with Crippen LogP contribution in [0.5, 0.6) is 0 Å². The topological polar surface area (TPSA) is 78.8 Å². The third-order valence-corrected chi connectivity index (χ3v) is 4.09. The molecular weight excluding hydrogens is 317 g/mol. The van der Waals surface area contributed by atoms with Gasteiger partial charge < -0.3 is 9.13 Å². The van der Waals surface area contributed by atoms with E-state index in [9.17, 15) is 10.1 Å². The molecule has 0 radical (unpaired) electrons. The van der Waals surface area contributed by atoms with Crippen molar-refractivity contribution in [1.29, 1.82) is 0 Å². The Morgan fingerprint density at radius 2 is 1.52 bits per heavy atom. The molecule has 110 valence electrons. The largest absolute Gasteiger partial charge is 0.330 e. The van der Waals surface area contributed by atoms with Crippen molar-refractivity contribution in [3.8, 4) is 0 Å². The fourth-order valence-electron chi connectivity index (χ4n) is 2.45. The van der Waals surface area contributed by atoms with Gasteiger partial charge >= 0.3 is 5.69 Å². The number of imidazole rings is 2. The number of alkyl halides is 2. The van der Waals surface area contributed by atoms with E-state index in [-0.39, 0.29) is 17.4 Å². The lowest BCUT2D eigenvalue weighted by Gasteiger charge is -2.01. The number of benzene rings is 1. The maximum absolute atomic E-state index is 11.5. The maximum atomic E-state index is 11.5. The highest BCUT2D eigenvalue weighted by atomic mass is 35.5. The van der Waals surface area contributed by atoms with Crippen molar-refractivity contribution in [2.75, 3.05) is 0 Å². The first kappa shape index (κ1) is 14.1. The average molecular weight is 328 g/mol. The fourth-order valence-corrected chi connectivity index (χ4v) is 2.93. The number of fused-ring (bicyclic) bond motifs is 2. The highest BCUT2D eigenvalue weighted by molar-refractivity contribution is 6.17. The van der Waals surface area contributed by atoms with E-state index in [0.717, 1.165) is 0 Å². The number of hydrogen-bond acceptors (Lipinski definition) is 4. The summed E-state index contributed by atoms with van der Waals surface area (Å²) < 4.78 is 3.50. The van der Waals surface area contributed by atoms with Gasteiger partial charge in [0.1, 0.15) is 11.6 Å². The quantitative estimate of drug-likeness (QED) is 0.421. The predicted octanol–water partition coefficient (Wildman–Crippen LogP) is 2.85. The van der Waals surface area contributed by atoms with Crippen LogP contribution < -0.4 is 0 Å². The first-order valence-electron chi connectivity index (χ1n) is 6.09. The Labute approximate surface area is 129 Å². The van der Waals surface area contributed by atoms with E-state index in [1.165, 1.54) is 0 Å². The number of rotatable bonds is 3. The third-order valence-electron chi connectivity index (χ3n) is 3.61. The Bertz CT molecular complexity index is 820. The van der Waals surface area contributed by atoms with E-state index in [2.05, 4.69) is 9.97 Å².